The molecular weight excluding hydrogens is 172 g/mol. The molecule has 0 saturated carbocycles. The molecule has 2 aromatic rings. The van der Waals surface area contributed by atoms with E-state index < -0.39 is 0 Å². The standard InChI is InChI=1S/C6H4N2OS.C2H6/c1-3-9-5(7-1)6-8-2-4-10-6;1-2/h1-4H;1-2H3. The molecule has 0 bridgehead atoms. The number of thiazole rings is 1. The van der Waals surface area contributed by atoms with Gasteiger partial charge in [0.1, 0.15) is 6.26 Å². The third kappa shape index (κ3) is 1.92. The third-order valence-electron chi connectivity index (χ3n) is 1.05. The van der Waals surface area contributed by atoms with Crippen molar-refractivity contribution in [3.8, 4) is 10.9 Å². The van der Waals surface area contributed by atoms with Crippen LogP contribution in [0.4, 0.5) is 0 Å². The van der Waals surface area contributed by atoms with E-state index in [-0.39, 0.29) is 0 Å². The van der Waals surface area contributed by atoms with Crippen molar-refractivity contribution in [3.63, 3.8) is 0 Å². The van der Waals surface area contributed by atoms with Gasteiger partial charge in [-0.2, -0.15) is 0 Å². The molecule has 0 aliphatic carbocycles. The van der Waals surface area contributed by atoms with Crippen LogP contribution in [0.3, 0.4) is 0 Å². The maximum absolute atomic E-state index is 5.01. The summed E-state index contributed by atoms with van der Waals surface area (Å²) in [7, 11) is 0. The second-order valence-electron chi connectivity index (χ2n) is 1.67. The maximum Gasteiger partial charge on any atom is 0.255 e. The monoisotopic (exact) mass is 182 g/mol. The molecule has 0 saturated heterocycles. The average molecular weight is 182 g/mol. The molecule has 0 aliphatic rings. The predicted molar refractivity (Wildman–Crippen MR) is 49.0 cm³/mol. The molecule has 0 spiro atoms. The predicted octanol–water partition coefficient (Wildman–Crippen LogP) is 2.82. The van der Waals surface area contributed by atoms with Crippen LogP contribution in [0.1, 0.15) is 13.8 Å². The molecule has 0 aromatic carbocycles. The first-order valence-electron chi connectivity index (χ1n) is 3.76. The van der Waals surface area contributed by atoms with E-state index in [1.807, 2.05) is 19.2 Å². The zero-order valence-corrected chi connectivity index (χ0v) is 7.84. The Morgan fingerprint density at radius 3 is 2.58 bits per heavy atom. The highest BCUT2D eigenvalue weighted by molar-refractivity contribution is 7.12. The molecule has 3 nitrogen and oxygen atoms in total. The number of nitrogens with zero attached hydrogens (tertiary/aromatic N) is 2. The Labute approximate surface area is 75.1 Å². The fourth-order valence-electron chi connectivity index (χ4n) is 0.658. The Kier molecular flexibility index (Phi) is 3.47. The molecule has 0 aliphatic heterocycles. The fourth-order valence-corrected chi connectivity index (χ4v) is 1.23. The Balaban J connectivity index is 0.000000336. The van der Waals surface area contributed by atoms with Gasteiger partial charge in [0.25, 0.3) is 5.89 Å². The van der Waals surface area contributed by atoms with Gasteiger partial charge in [-0.15, -0.1) is 11.3 Å². The zero-order valence-electron chi connectivity index (χ0n) is 7.02. The van der Waals surface area contributed by atoms with Gasteiger partial charge in [0.2, 0.25) is 0 Å². The van der Waals surface area contributed by atoms with Gasteiger partial charge < -0.3 is 4.42 Å². The molecule has 0 atom stereocenters. The molecule has 2 heterocycles. The summed E-state index contributed by atoms with van der Waals surface area (Å²) in [6, 6.07) is 0. The van der Waals surface area contributed by atoms with Gasteiger partial charge in [-0.05, 0) is 0 Å². The Morgan fingerprint density at radius 2 is 2.08 bits per heavy atom. The Bertz CT molecular complexity index is 256. The van der Waals surface area contributed by atoms with Crippen molar-refractivity contribution in [2.24, 2.45) is 0 Å². The van der Waals surface area contributed by atoms with Gasteiger partial charge >= 0.3 is 0 Å². The summed E-state index contributed by atoms with van der Waals surface area (Å²) in [5.41, 5.74) is 0. The fraction of sp³-hybridized carbons (Fsp3) is 0.250. The topological polar surface area (TPSA) is 38.9 Å². The minimum absolute atomic E-state index is 0.593. The molecule has 64 valence electrons. The molecule has 0 amide bonds. The van der Waals surface area contributed by atoms with E-state index in [4.69, 9.17) is 4.42 Å². The smallest absolute Gasteiger partial charge is 0.255 e. The Hall–Kier alpha value is -1.16. The molecule has 0 fully saturated rings. The van der Waals surface area contributed by atoms with E-state index in [0.717, 1.165) is 5.01 Å². The van der Waals surface area contributed by atoms with Crippen LogP contribution >= 0.6 is 11.3 Å². The average Bonchev–Trinajstić information content (AvgIpc) is 2.80. The van der Waals surface area contributed by atoms with Crippen LogP contribution in [0.5, 0.6) is 0 Å². The number of hydrogen-bond acceptors (Lipinski definition) is 4. The second kappa shape index (κ2) is 4.66. The summed E-state index contributed by atoms with van der Waals surface area (Å²) in [4.78, 5) is 7.96. The molecule has 0 N–H and O–H groups in total. The van der Waals surface area contributed by atoms with E-state index >= 15 is 0 Å². The minimum Gasteiger partial charge on any atom is -0.443 e. The number of hydrogen-bond donors (Lipinski definition) is 0. The van der Waals surface area contributed by atoms with Crippen LogP contribution in [0.15, 0.2) is 28.5 Å². The third-order valence-corrected chi connectivity index (χ3v) is 1.81. The molecule has 12 heavy (non-hydrogen) atoms. The van der Waals surface area contributed by atoms with Crippen molar-refractivity contribution in [2.75, 3.05) is 0 Å². The van der Waals surface area contributed by atoms with Crippen molar-refractivity contribution < 1.29 is 4.42 Å². The number of aromatic nitrogens is 2. The maximum atomic E-state index is 5.01. The van der Waals surface area contributed by atoms with Crippen molar-refractivity contribution in [1.29, 1.82) is 0 Å². The first-order chi connectivity index (χ1) is 5.97. The lowest BCUT2D eigenvalue weighted by atomic mass is 10.7. The zero-order chi connectivity index (χ0) is 8.81. The van der Waals surface area contributed by atoms with Gasteiger partial charge in [0.05, 0.1) is 6.20 Å². The summed E-state index contributed by atoms with van der Waals surface area (Å²) >= 11 is 1.51. The van der Waals surface area contributed by atoms with Crippen LogP contribution < -0.4 is 0 Å². The lowest BCUT2D eigenvalue weighted by Crippen LogP contribution is -1.70. The second-order valence-corrected chi connectivity index (χ2v) is 2.57. The summed E-state index contributed by atoms with van der Waals surface area (Å²) in [6.45, 7) is 4.00. The van der Waals surface area contributed by atoms with Crippen LogP contribution in [0, 0.1) is 0 Å². The normalized spacial score (nSPS) is 8.83. The largest absolute Gasteiger partial charge is 0.443 e. The quantitative estimate of drug-likeness (QED) is 0.680. The lowest BCUT2D eigenvalue weighted by molar-refractivity contribution is 0.574. The van der Waals surface area contributed by atoms with Gasteiger partial charge in [0, 0.05) is 11.6 Å². The van der Waals surface area contributed by atoms with Gasteiger partial charge in [-0.25, -0.2) is 9.97 Å². The summed E-state index contributed by atoms with van der Waals surface area (Å²) < 4.78 is 5.01. The number of rotatable bonds is 1. The first-order valence-corrected chi connectivity index (χ1v) is 4.64. The first kappa shape index (κ1) is 8.93. The van der Waals surface area contributed by atoms with Crippen molar-refractivity contribution in [3.05, 3.63) is 24.0 Å². The van der Waals surface area contributed by atoms with E-state index in [1.54, 1.807) is 12.4 Å². The highest BCUT2D eigenvalue weighted by Crippen LogP contribution is 2.18. The van der Waals surface area contributed by atoms with E-state index in [0.29, 0.717) is 5.89 Å². The van der Waals surface area contributed by atoms with Crippen molar-refractivity contribution >= 4 is 11.3 Å². The lowest BCUT2D eigenvalue weighted by Gasteiger charge is -1.81. The highest BCUT2D eigenvalue weighted by atomic mass is 32.1. The summed E-state index contributed by atoms with van der Waals surface area (Å²) in [6.07, 6.45) is 4.87. The SMILES string of the molecule is CC.c1coc(-c2nccs2)n1. The molecule has 4 heteroatoms. The van der Waals surface area contributed by atoms with Crippen LogP contribution in [-0.2, 0) is 0 Å². The molecular formula is C8H10N2OS. The van der Waals surface area contributed by atoms with Crippen LogP contribution in [0.25, 0.3) is 10.9 Å². The van der Waals surface area contributed by atoms with Gasteiger partial charge in [-0.3, -0.25) is 0 Å². The Morgan fingerprint density at radius 1 is 1.25 bits per heavy atom. The summed E-state index contributed by atoms with van der Waals surface area (Å²) in [5.74, 6) is 0.593. The molecule has 0 unspecified atom stereocenters. The minimum atomic E-state index is 0.593. The van der Waals surface area contributed by atoms with E-state index in [1.165, 1.54) is 17.6 Å². The van der Waals surface area contributed by atoms with Crippen LogP contribution in [-0.4, -0.2) is 9.97 Å². The molecule has 2 aromatic heterocycles. The highest BCUT2D eigenvalue weighted by Gasteiger charge is 2.02. The van der Waals surface area contributed by atoms with Crippen LogP contribution in [0.2, 0.25) is 0 Å². The van der Waals surface area contributed by atoms with Crippen molar-refractivity contribution in [1.82, 2.24) is 9.97 Å². The summed E-state index contributed by atoms with van der Waals surface area (Å²) in [5, 5.41) is 2.71. The van der Waals surface area contributed by atoms with Gasteiger partial charge in [0.15, 0.2) is 5.01 Å². The molecule has 0 radical (unpaired) electrons. The number of oxazole rings is 1. The van der Waals surface area contributed by atoms with E-state index in [9.17, 15) is 0 Å². The van der Waals surface area contributed by atoms with E-state index in [2.05, 4.69) is 9.97 Å². The van der Waals surface area contributed by atoms with Gasteiger partial charge in [-0.1, -0.05) is 13.8 Å². The van der Waals surface area contributed by atoms with Crippen molar-refractivity contribution in [2.45, 2.75) is 13.8 Å². The molecule has 2 rings (SSSR count).